The summed E-state index contributed by atoms with van der Waals surface area (Å²) in [6.45, 7) is 2.95. The second kappa shape index (κ2) is 6.30. The van der Waals surface area contributed by atoms with Gasteiger partial charge in [0.05, 0.1) is 6.61 Å². The van der Waals surface area contributed by atoms with Crippen molar-refractivity contribution in [1.29, 1.82) is 0 Å². The summed E-state index contributed by atoms with van der Waals surface area (Å²) < 4.78 is 17.9. The zero-order chi connectivity index (χ0) is 11.1. The Morgan fingerprint density at radius 3 is 2.93 bits per heavy atom. The highest BCUT2D eigenvalue weighted by atomic mass is 19.1. The Morgan fingerprint density at radius 1 is 1.47 bits per heavy atom. The van der Waals surface area contributed by atoms with Gasteiger partial charge in [-0.05, 0) is 24.6 Å². The molecule has 2 nitrogen and oxygen atoms in total. The van der Waals surface area contributed by atoms with Crippen LogP contribution in [0.2, 0.25) is 0 Å². The Morgan fingerprint density at radius 2 is 2.27 bits per heavy atom. The van der Waals surface area contributed by atoms with Gasteiger partial charge >= 0.3 is 0 Å². The molecule has 0 atom stereocenters. The number of carbonyl (C=O) groups excluding carboxylic acids is 1. The molecule has 1 rings (SSSR count). The van der Waals surface area contributed by atoms with Crippen molar-refractivity contribution in [2.75, 3.05) is 13.2 Å². The number of carbonyl (C=O) groups is 1. The molecule has 0 aliphatic rings. The molecule has 1 aromatic rings. The molecule has 0 spiro atoms. The standard InChI is InChI=1S/C12H15FO2/c1-2-15-7-6-12(14)9-10-4-3-5-11(13)8-10/h3-5,8H,2,6-7,9H2,1H3. The SMILES string of the molecule is CCOCCC(=O)Cc1cccc(F)c1. The maximum absolute atomic E-state index is 12.8. The average Bonchev–Trinajstić information content (AvgIpc) is 2.18. The first-order valence-corrected chi connectivity index (χ1v) is 5.06. The van der Waals surface area contributed by atoms with Crippen molar-refractivity contribution in [2.45, 2.75) is 19.8 Å². The van der Waals surface area contributed by atoms with E-state index in [2.05, 4.69) is 0 Å². The van der Waals surface area contributed by atoms with E-state index in [4.69, 9.17) is 4.74 Å². The molecular formula is C12H15FO2. The molecular weight excluding hydrogens is 195 g/mol. The number of hydrogen-bond donors (Lipinski definition) is 0. The highest BCUT2D eigenvalue weighted by Gasteiger charge is 2.04. The van der Waals surface area contributed by atoms with Gasteiger partial charge in [-0.25, -0.2) is 4.39 Å². The number of Topliss-reactive ketones (excluding diaryl/α,β-unsaturated/α-hetero) is 1. The second-order valence-electron chi connectivity index (χ2n) is 3.29. The van der Waals surface area contributed by atoms with Gasteiger partial charge in [-0.1, -0.05) is 12.1 Å². The van der Waals surface area contributed by atoms with Crippen LogP contribution >= 0.6 is 0 Å². The number of ether oxygens (including phenoxy) is 1. The molecule has 0 bridgehead atoms. The van der Waals surface area contributed by atoms with Crippen LogP contribution < -0.4 is 0 Å². The molecule has 82 valence electrons. The van der Waals surface area contributed by atoms with Gasteiger partial charge in [0.1, 0.15) is 11.6 Å². The summed E-state index contributed by atoms with van der Waals surface area (Å²) in [5.41, 5.74) is 0.719. The van der Waals surface area contributed by atoms with Gasteiger partial charge in [0, 0.05) is 19.4 Å². The van der Waals surface area contributed by atoms with Crippen molar-refractivity contribution < 1.29 is 13.9 Å². The summed E-state index contributed by atoms with van der Waals surface area (Å²) in [6, 6.07) is 6.12. The number of benzene rings is 1. The minimum atomic E-state index is -0.301. The largest absolute Gasteiger partial charge is 0.381 e. The lowest BCUT2D eigenvalue weighted by Crippen LogP contribution is -2.07. The van der Waals surface area contributed by atoms with E-state index in [0.29, 0.717) is 19.6 Å². The fourth-order valence-corrected chi connectivity index (χ4v) is 1.29. The molecule has 0 unspecified atom stereocenters. The van der Waals surface area contributed by atoms with Gasteiger partial charge in [0.2, 0.25) is 0 Å². The molecule has 0 aliphatic carbocycles. The quantitative estimate of drug-likeness (QED) is 0.674. The van der Waals surface area contributed by atoms with E-state index in [9.17, 15) is 9.18 Å². The number of ketones is 1. The lowest BCUT2D eigenvalue weighted by atomic mass is 10.1. The summed E-state index contributed by atoms with van der Waals surface area (Å²) in [5, 5.41) is 0. The third kappa shape index (κ3) is 4.70. The van der Waals surface area contributed by atoms with Crippen LogP contribution in [-0.4, -0.2) is 19.0 Å². The highest BCUT2D eigenvalue weighted by Crippen LogP contribution is 2.05. The van der Waals surface area contributed by atoms with E-state index >= 15 is 0 Å². The predicted molar refractivity (Wildman–Crippen MR) is 56.2 cm³/mol. The van der Waals surface area contributed by atoms with Crippen LogP contribution in [0, 0.1) is 5.82 Å². The number of rotatable bonds is 6. The van der Waals surface area contributed by atoms with Gasteiger partial charge in [-0.2, -0.15) is 0 Å². The summed E-state index contributed by atoms with van der Waals surface area (Å²) in [4.78, 5) is 11.4. The van der Waals surface area contributed by atoms with Crippen LogP contribution in [0.25, 0.3) is 0 Å². The monoisotopic (exact) mass is 210 g/mol. The molecule has 0 N–H and O–H groups in total. The molecule has 0 radical (unpaired) electrons. The lowest BCUT2D eigenvalue weighted by Gasteiger charge is -2.01. The Hall–Kier alpha value is -1.22. The smallest absolute Gasteiger partial charge is 0.139 e. The lowest BCUT2D eigenvalue weighted by molar-refractivity contribution is -0.119. The topological polar surface area (TPSA) is 26.3 Å². The molecule has 0 saturated heterocycles. The minimum Gasteiger partial charge on any atom is -0.381 e. The van der Waals surface area contributed by atoms with E-state index in [1.54, 1.807) is 12.1 Å². The van der Waals surface area contributed by atoms with Crippen molar-refractivity contribution in [2.24, 2.45) is 0 Å². The molecule has 0 aromatic heterocycles. The highest BCUT2D eigenvalue weighted by molar-refractivity contribution is 5.80. The van der Waals surface area contributed by atoms with E-state index in [0.717, 1.165) is 5.56 Å². The first-order valence-electron chi connectivity index (χ1n) is 5.06. The number of halogens is 1. The van der Waals surface area contributed by atoms with Gasteiger partial charge in [0.15, 0.2) is 0 Å². The summed E-state index contributed by atoms with van der Waals surface area (Å²) in [5.74, 6) is -0.223. The van der Waals surface area contributed by atoms with E-state index < -0.39 is 0 Å². The molecule has 0 heterocycles. The zero-order valence-electron chi connectivity index (χ0n) is 8.83. The first kappa shape index (κ1) is 11.9. The predicted octanol–water partition coefficient (Wildman–Crippen LogP) is 2.36. The second-order valence-corrected chi connectivity index (χ2v) is 3.29. The minimum absolute atomic E-state index is 0.0778. The van der Waals surface area contributed by atoms with Crippen LogP contribution in [0.5, 0.6) is 0 Å². The van der Waals surface area contributed by atoms with E-state index in [1.165, 1.54) is 12.1 Å². The molecule has 0 aliphatic heterocycles. The van der Waals surface area contributed by atoms with Crippen LogP contribution in [0.15, 0.2) is 24.3 Å². The third-order valence-electron chi connectivity index (χ3n) is 2.02. The van der Waals surface area contributed by atoms with E-state index in [1.807, 2.05) is 6.92 Å². The van der Waals surface area contributed by atoms with Gasteiger partial charge in [-0.3, -0.25) is 4.79 Å². The fourth-order valence-electron chi connectivity index (χ4n) is 1.29. The third-order valence-corrected chi connectivity index (χ3v) is 2.02. The maximum Gasteiger partial charge on any atom is 0.139 e. The van der Waals surface area contributed by atoms with E-state index in [-0.39, 0.29) is 18.0 Å². The molecule has 0 saturated carbocycles. The van der Waals surface area contributed by atoms with Gasteiger partial charge < -0.3 is 4.74 Å². The van der Waals surface area contributed by atoms with Crippen molar-refractivity contribution in [3.05, 3.63) is 35.6 Å². The van der Waals surface area contributed by atoms with Gasteiger partial charge in [0.25, 0.3) is 0 Å². The number of hydrogen-bond acceptors (Lipinski definition) is 2. The first-order chi connectivity index (χ1) is 7.22. The summed E-state index contributed by atoms with van der Waals surface area (Å²) >= 11 is 0. The molecule has 3 heteroatoms. The normalized spacial score (nSPS) is 10.3. The fraction of sp³-hybridized carbons (Fsp3) is 0.417. The maximum atomic E-state index is 12.8. The van der Waals surface area contributed by atoms with Crippen molar-refractivity contribution >= 4 is 5.78 Å². The Balaban J connectivity index is 2.37. The Labute approximate surface area is 89.1 Å². The van der Waals surface area contributed by atoms with Crippen LogP contribution in [-0.2, 0) is 16.0 Å². The Kier molecular flexibility index (Phi) is 4.98. The van der Waals surface area contributed by atoms with Crippen LogP contribution in [0.3, 0.4) is 0 Å². The molecule has 1 aromatic carbocycles. The van der Waals surface area contributed by atoms with Crippen molar-refractivity contribution in [3.8, 4) is 0 Å². The average molecular weight is 210 g/mol. The molecule has 0 fully saturated rings. The zero-order valence-corrected chi connectivity index (χ0v) is 8.83. The van der Waals surface area contributed by atoms with Crippen LogP contribution in [0.4, 0.5) is 4.39 Å². The van der Waals surface area contributed by atoms with Crippen molar-refractivity contribution in [3.63, 3.8) is 0 Å². The Bertz CT molecular complexity index is 323. The molecule has 15 heavy (non-hydrogen) atoms. The van der Waals surface area contributed by atoms with Crippen LogP contribution in [0.1, 0.15) is 18.9 Å². The summed E-state index contributed by atoms with van der Waals surface area (Å²) in [6.07, 6.45) is 0.676. The summed E-state index contributed by atoms with van der Waals surface area (Å²) in [7, 11) is 0. The van der Waals surface area contributed by atoms with Crippen molar-refractivity contribution in [1.82, 2.24) is 0 Å². The molecule has 0 amide bonds. The van der Waals surface area contributed by atoms with Gasteiger partial charge in [-0.15, -0.1) is 0 Å².